The van der Waals surface area contributed by atoms with E-state index in [-0.39, 0.29) is 0 Å². The maximum atomic E-state index is 3.57. The van der Waals surface area contributed by atoms with E-state index in [4.69, 9.17) is 0 Å². The van der Waals surface area contributed by atoms with Gasteiger partial charge in [0.15, 0.2) is 0 Å². The molecular weight excluding hydrogens is 508 g/mol. The van der Waals surface area contributed by atoms with E-state index in [1.54, 1.807) is 0 Å². The fraction of sp³-hybridized carbons (Fsp3) is 0. The third kappa shape index (κ3) is 4.31. The molecule has 2 heteroatoms. The second-order valence-corrected chi connectivity index (χ2v) is 10.8. The molecule has 1 N–H and O–H groups in total. The smallest absolute Gasteiger partial charge is 0.0541 e. The van der Waals surface area contributed by atoms with Gasteiger partial charge in [0.1, 0.15) is 0 Å². The van der Waals surface area contributed by atoms with E-state index in [0.29, 0.717) is 0 Å². The average molecular weight is 537 g/mol. The van der Waals surface area contributed by atoms with Crippen molar-refractivity contribution in [1.82, 2.24) is 4.57 Å². The molecule has 0 bridgehead atoms. The number of hydrogen-bond acceptors (Lipinski definition) is 1. The maximum Gasteiger partial charge on any atom is 0.0541 e. The Morgan fingerprint density at radius 1 is 0.357 bits per heavy atom. The van der Waals surface area contributed by atoms with Crippen LogP contribution in [0.2, 0.25) is 0 Å². The van der Waals surface area contributed by atoms with Gasteiger partial charge in [-0.05, 0) is 93.7 Å². The lowest BCUT2D eigenvalue weighted by atomic mass is 9.97. The maximum absolute atomic E-state index is 3.57. The lowest BCUT2D eigenvalue weighted by molar-refractivity contribution is 1.18. The molecule has 0 aliphatic carbocycles. The van der Waals surface area contributed by atoms with Crippen molar-refractivity contribution >= 4 is 44.0 Å². The molecule has 8 rings (SSSR count). The number of nitrogens with zero attached hydrogens (tertiary/aromatic N) is 1. The molecule has 42 heavy (non-hydrogen) atoms. The monoisotopic (exact) mass is 536 g/mol. The number of para-hydroxylation sites is 2. The van der Waals surface area contributed by atoms with Gasteiger partial charge in [-0.15, -0.1) is 0 Å². The standard InChI is InChI=1S/C40H28N2/c1-2-9-30-27-33(17-16-28(30)8-1)32-11-7-10-31(26-32)29-18-20-34(21-19-29)41-35-22-24-36(25-23-35)42-39-14-5-3-12-37(39)38-13-4-6-15-40(38)42/h1-27,41H. The third-order valence-electron chi connectivity index (χ3n) is 8.16. The summed E-state index contributed by atoms with van der Waals surface area (Å²) < 4.78 is 2.34. The number of nitrogens with one attached hydrogen (secondary N) is 1. The van der Waals surface area contributed by atoms with Crippen molar-refractivity contribution in [2.45, 2.75) is 0 Å². The van der Waals surface area contributed by atoms with Gasteiger partial charge < -0.3 is 9.88 Å². The Morgan fingerprint density at radius 2 is 0.881 bits per heavy atom. The van der Waals surface area contributed by atoms with E-state index in [2.05, 4.69) is 174 Å². The topological polar surface area (TPSA) is 17.0 Å². The Hall–Kier alpha value is -5.60. The Balaban J connectivity index is 1.04. The normalized spacial score (nSPS) is 11.3. The van der Waals surface area contributed by atoms with E-state index in [0.717, 1.165) is 17.1 Å². The summed E-state index contributed by atoms with van der Waals surface area (Å²) >= 11 is 0. The first-order chi connectivity index (χ1) is 20.8. The van der Waals surface area contributed by atoms with Crippen LogP contribution in [0, 0.1) is 0 Å². The zero-order chi connectivity index (χ0) is 27.9. The Kier molecular flexibility index (Phi) is 5.82. The second kappa shape index (κ2) is 10.1. The third-order valence-corrected chi connectivity index (χ3v) is 8.16. The van der Waals surface area contributed by atoms with Gasteiger partial charge >= 0.3 is 0 Å². The SMILES string of the molecule is c1cc(-c2ccc(Nc3ccc(-n4c5ccccc5c5ccccc54)cc3)cc2)cc(-c2ccc3ccccc3c2)c1. The molecule has 0 saturated heterocycles. The minimum atomic E-state index is 1.06. The Bertz CT molecular complexity index is 2150. The van der Waals surface area contributed by atoms with Crippen LogP contribution in [-0.4, -0.2) is 4.57 Å². The molecule has 0 atom stereocenters. The molecule has 0 aliphatic heterocycles. The number of aromatic nitrogens is 1. The highest BCUT2D eigenvalue weighted by Gasteiger charge is 2.11. The highest BCUT2D eigenvalue weighted by molar-refractivity contribution is 6.09. The molecule has 0 amide bonds. The number of anilines is 2. The number of rotatable bonds is 5. The van der Waals surface area contributed by atoms with Crippen molar-refractivity contribution in [3.8, 4) is 27.9 Å². The summed E-state index contributed by atoms with van der Waals surface area (Å²) in [6.07, 6.45) is 0. The van der Waals surface area contributed by atoms with E-state index in [1.165, 1.54) is 54.8 Å². The fourth-order valence-electron chi connectivity index (χ4n) is 6.05. The van der Waals surface area contributed by atoms with Crippen LogP contribution in [0.25, 0.3) is 60.5 Å². The van der Waals surface area contributed by atoms with E-state index >= 15 is 0 Å². The van der Waals surface area contributed by atoms with Crippen molar-refractivity contribution in [2.24, 2.45) is 0 Å². The molecule has 1 aromatic heterocycles. The van der Waals surface area contributed by atoms with Gasteiger partial charge in [0.05, 0.1) is 11.0 Å². The molecule has 1 heterocycles. The van der Waals surface area contributed by atoms with Crippen LogP contribution in [-0.2, 0) is 0 Å². The van der Waals surface area contributed by atoms with Crippen molar-refractivity contribution in [2.75, 3.05) is 5.32 Å². The largest absolute Gasteiger partial charge is 0.356 e. The molecular formula is C40H28N2. The quantitative estimate of drug-likeness (QED) is 0.231. The van der Waals surface area contributed by atoms with Crippen LogP contribution in [0.4, 0.5) is 11.4 Å². The summed E-state index contributed by atoms with van der Waals surface area (Å²) in [5, 5.41) is 8.66. The predicted octanol–water partition coefficient (Wildman–Crippen LogP) is 11.0. The van der Waals surface area contributed by atoms with Crippen LogP contribution in [0.15, 0.2) is 164 Å². The first kappa shape index (κ1) is 24.2. The average Bonchev–Trinajstić information content (AvgIpc) is 3.40. The highest BCUT2D eigenvalue weighted by Crippen LogP contribution is 2.33. The predicted molar refractivity (Wildman–Crippen MR) is 179 cm³/mol. The summed E-state index contributed by atoms with van der Waals surface area (Å²) in [6.45, 7) is 0. The molecule has 7 aromatic carbocycles. The summed E-state index contributed by atoms with van der Waals surface area (Å²) in [6, 6.07) is 58.6. The summed E-state index contributed by atoms with van der Waals surface area (Å²) in [5.41, 5.74) is 10.6. The van der Waals surface area contributed by atoms with E-state index in [1.807, 2.05) is 0 Å². The van der Waals surface area contributed by atoms with E-state index in [9.17, 15) is 0 Å². The molecule has 0 fully saturated rings. The fourth-order valence-corrected chi connectivity index (χ4v) is 6.05. The number of hydrogen-bond donors (Lipinski definition) is 1. The zero-order valence-electron chi connectivity index (χ0n) is 23.0. The zero-order valence-corrected chi connectivity index (χ0v) is 23.0. The van der Waals surface area contributed by atoms with Crippen LogP contribution >= 0.6 is 0 Å². The highest BCUT2D eigenvalue weighted by atomic mass is 15.0. The lowest BCUT2D eigenvalue weighted by Crippen LogP contribution is -1.95. The van der Waals surface area contributed by atoms with Crippen molar-refractivity contribution < 1.29 is 0 Å². The molecule has 0 radical (unpaired) electrons. The molecule has 8 aromatic rings. The van der Waals surface area contributed by atoms with E-state index < -0.39 is 0 Å². The van der Waals surface area contributed by atoms with Crippen molar-refractivity contribution in [3.63, 3.8) is 0 Å². The summed E-state index contributed by atoms with van der Waals surface area (Å²) in [5.74, 6) is 0. The summed E-state index contributed by atoms with van der Waals surface area (Å²) in [4.78, 5) is 0. The minimum absolute atomic E-state index is 1.06. The number of benzene rings is 7. The van der Waals surface area contributed by atoms with Crippen LogP contribution in [0.1, 0.15) is 0 Å². The Labute approximate surface area is 245 Å². The molecule has 2 nitrogen and oxygen atoms in total. The van der Waals surface area contributed by atoms with Crippen LogP contribution in [0.5, 0.6) is 0 Å². The van der Waals surface area contributed by atoms with Crippen LogP contribution in [0.3, 0.4) is 0 Å². The molecule has 0 aliphatic rings. The van der Waals surface area contributed by atoms with Gasteiger partial charge in [-0.25, -0.2) is 0 Å². The first-order valence-corrected chi connectivity index (χ1v) is 14.4. The van der Waals surface area contributed by atoms with Gasteiger partial charge in [-0.3, -0.25) is 0 Å². The molecule has 0 unspecified atom stereocenters. The number of fused-ring (bicyclic) bond motifs is 4. The van der Waals surface area contributed by atoms with Gasteiger partial charge in [-0.2, -0.15) is 0 Å². The lowest BCUT2D eigenvalue weighted by Gasteiger charge is -2.11. The van der Waals surface area contributed by atoms with Crippen LogP contribution < -0.4 is 5.32 Å². The van der Waals surface area contributed by atoms with Gasteiger partial charge in [-0.1, -0.05) is 103 Å². The minimum Gasteiger partial charge on any atom is -0.356 e. The molecule has 198 valence electrons. The second-order valence-electron chi connectivity index (χ2n) is 10.8. The molecule has 0 spiro atoms. The Morgan fingerprint density at radius 3 is 1.57 bits per heavy atom. The van der Waals surface area contributed by atoms with Crippen molar-refractivity contribution in [1.29, 1.82) is 0 Å². The van der Waals surface area contributed by atoms with Crippen molar-refractivity contribution in [3.05, 3.63) is 164 Å². The van der Waals surface area contributed by atoms with Gasteiger partial charge in [0.2, 0.25) is 0 Å². The molecule has 0 saturated carbocycles. The van der Waals surface area contributed by atoms with Gasteiger partial charge in [0.25, 0.3) is 0 Å². The van der Waals surface area contributed by atoms with Gasteiger partial charge in [0, 0.05) is 27.8 Å². The first-order valence-electron chi connectivity index (χ1n) is 14.4. The summed E-state index contributed by atoms with van der Waals surface area (Å²) in [7, 11) is 0.